The number of hydrogen-bond donors (Lipinski definition) is 2. The van der Waals surface area contributed by atoms with Crippen LogP contribution >= 0.6 is 24.8 Å². The van der Waals surface area contributed by atoms with Crippen LogP contribution in [0.5, 0.6) is 0 Å². The normalized spacial score (nSPS) is 31.0. The van der Waals surface area contributed by atoms with Crippen molar-refractivity contribution in [3.05, 3.63) is 11.5 Å². The molecule has 3 heteroatoms. The number of allylic oxidation sites excluding steroid dienone is 1. The van der Waals surface area contributed by atoms with E-state index in [0.717, 1.165) is 4.86 Å². The third-order valence-electron chi connectivity index (χ3n) is 1.77. The molecule has 1 saturated carbocycles. The molecule has 1 N–H and O–H groups in total. The van der Waals surface area contributed by atoms with Crippen molar-refractivity contribution < 1.29 is 0 Å². The predicted molar refractivity (Wildman–Crippen MR) is 51.7 cm³/mol. The molecule has 0 radical (unpaired) electrons. The van der Waals surface area contributed by atoms with Crippen molar-refractivity contribution >= 4 is 29.7 Å². The molecule has 1 aliphatic rings. The Labute approximate surface area is 72.3 Å². The van der Waals surface area contributed by atoms with Crippen LogP contribution in [-0.2, 0) is 0 Å². The van der Waals surface area contributed by atoms with Crippen molar-refractivity contribution in [3.63, 3.8) is 0 Å². The molecule has 2 unspecified atom stereocenters. The van der Waals surface area contributed by atoms with E-state index in [2.05, 4.69) is 17.9 Å². The average Bonchev–Trinajstić information content (AvgIpc) is 2.66. The number of rotatable bonds is 3. The zero-order chi connectivity index (χ0) is 7.56. The maximum atomic E-state index is 5.11. The zero-order valence-corrected chi connectivity index (χ0v) is 7.58. The van der Waals surface area contributed by atoms with E-state index in [4.69, 9.17) is 12.2 Å². The monoisotopic (exact) mass is 173 g/mol. The molecule has 1 nitrogen and oxygen atoms in total. The van der Waals surface area contributed by atoms with Crippen LogP contribution in [0.1, 0.15) is 6.42 Å². The summed E-state index contributed by atoms with van der Waals surface area (Å²) in [4.78, 5) is 1.02. The quantitative estimate of drug-likeness (QED) is 0.380. The Kier molecular flexibility index (Phi) is 2.89. The van der Waals surface area contributed by atoms with Crippen molar-refractivity contribution in [2.45, 2.75) is 12.5 Å². The Morgan fingerprint density at radius 1 is 1.80 bits per heavy atom. The van der Waals surface area contributed by atoms with Crippen molar-refractivity contribution in [3.8, 4) is 0 Å². The highest BCUT2D eigenvalue weighted by Crippen LogP contribution is 2.31. The largest absolute Gasteiger partial charge is 0.316 e. The number of thiol groups is 1. The Morgan fingerprint density at radius 2 is 2.50 bits per heavy atom. The highest BCUT2D eigenvalue weighted by atomic mass is 32.1. The van der Waals surface area contributed by atoms with Crippen molar-refractivity contribution in [2.75, 3.05) is 7.05 Å². The summed E-state index contributed by atoms with van der Waals surface area (Å²) < 4.78 is 0. The fraction of sp³-hybridized carbons (Fsp3) is 0.571. The summed E-state index contributed by atoms with van der Waals surface area (Å²) in [5, 5.41) is 4.88. The molecule has 1 fully saturated rings. The minimum Gasteiger partial charge on any atom is -0.316 e. The summed E-state index contributed by atoms with van der Waals surface area (Å²) in [6, 6.07) is 0.622. The van der Waals surface area contributed by atoms with Gasteiger partial charge in [0.25, 0.3) is 0 Å². The molecule has 0 heterocycles. The molecule has 1 aliphatic carbocycles. The van der Waals surface area contributed by atoms with Crippen molar-refractivity contribution in [1.29, 1.82) is 0 Å². The van der Waals surface area contributed by atoms with E-state index in [1.807, 2.05) is 13.1 Å². The molecular formula is C7H11NS2. The maximum absolute atomic E-state index is 5.11. The van der Waals surface area contributed by atoms with Crippen LogP contribution in [-0.4, -0.2) is 18.0 Å². The topological polar surface area (TPSA) is 12.0 Å². The smallest absolute Gasteiger partial charge is 0.0204 e. The summed E-state index contributed by atoms with van der Waals surface area (Å²) >= 11 is 9.06. The lowest BCUT2D eigenvalue weighted by Gasteiger charge is -1.93. The molecule has 1 rings (SSSR count). The summed E-state index contributed by atoms with van der Waals surface area (Å²) in [7, 11) is 1.97. The van der Waals surface area contributed by atoms with Crippen molar-refractivity contribution in [1.82, 2.24) is 5.32 Å². The summed E-state index contributed by atoms with van der Waals surface area (Å²) in [6.07, 6.45) is 3.08. The van der Waals surface area contributed by atoms with Gasteiger partial charge in [-0.3, -0.25) is 0 Å². The molecule has 0 aromatic heterocycles. The van der Waals surface area contributed by atoms with Gasteiger partial charge in [0.15, 0.2) is 0 Å². The van der Waals surface area contributed by atoms with Gasteiger partial charge in [0.05, 0.1) is 0 Å². The van der Waals surface area contributed by atoms with Crippen LogP contribution in [0.2, 0.25) is 0 Å². The van der Waals surface area contributed by atoms with Gasteiger partial charge in [0, 0.05) is 16.8 Å². The van der Waals surface area contributed by atoms with E-state index in [0.29, 0.717) is 12.0 Å². The first-order valence-electron chi connectivity index (χ1n) is 3.31. The van der Waals surface area contributed by atoms with E-state index in [1.54, 1.807) is 5.41 Å². The first-order valence-corrected chi connectivity index (χ1v) is 4.24. The molecule has 0 amide bonds. The third kappa shape index (κ3) is 1.81. The molecule has 0 aromatic rings. The van der Waals surface area contributed by atoms with Crippen LogP contribution in [0, 0.1) is 5.92 Å². The predicted octanol–water partition coefficient (Wildman–Crippen LogP) is 1.41. The second-order valence-corrected chi connectivity index (χ2v) is 3.23. The van der Waals surface area contributed by atoms with Crippen LogP contribution < -0.4 is 5.32 Å². The van der Waals surface area contributed by atoms with Crippen LogP contribution in [0.25, 0.3) is 0 Å². The Bertz CT molecular complexity index is 165. The summed E-state index contributed by atoms with van der Waals surface area (Å²) in [6.45, 7) is 0. The van der Waals surface area contributed by atoms with Crippen LogP contribution in [0.4, 0.5) is 0 Å². The standard InChI is InChI=1S/C7H11NS2/c1-8-6-4-5(6)7(10)2-3-9/h2-3,5-6,8-9H,4H2,1H3. The molecule has 10 heavy (non-hydrogen) atoms. The Balaban J connectivity index is 2.32. The summed E-state index contributed by atoms with van der Waals surface area (Å²) in [5.41, 5.74) is 0. The second kappa shape index (κ2) is 3.51. The Hall–Kier alpha value is 0.140. The highest BCUT2D eigenvalue weighted by Gasteiger charge is 2.37. The van der Waals surface area contributed by atoms with Gasteiger partial charge in [0.2, 0.25) is 0 Å². The van der Waals surface area contributed by atoms with Gasteiger partial charge in [-0.2, -0.15) is 12.6 Å². The van der Waals surface area contributed by atoms with Gasteiger partial charge >= 0.3 is 0 Å². The molecule has 0 saturated heterocycles. The molecule has 56 valence electrons. The lowest BCUT2D eigenvalue weighted by molar-refractivity contribution is 0.789. The van der Waals surface area contributed by atoms with Gasteiger partial charge in [-0.1, -0.05) is 12.2 Å². The molecule has 0 bridgehead atoms. The second-order valence-electron chi connectivity index (χ2n) is 2.46. The molecule has 2 atom stereocenters. The van der Waals surface area contributed by atoms with Gasteiger partial charge in [0.1, 0.15) is 0 Å². The van der Waals surface area contributed by atoms with Gasteiger partial charge in [-0.05, 0) is 25.0 Å². The fourth-order valence-electron chi connectivity index (χ4n) is 1.03. The van der Waals surface area contributed by atoms with Gasteiger partial charge in [-0.15, -0.1) is 0 Å². The Morgan fingerprint density at radius 3 is 2.90 bits per heavy atom. The van der Waals surface area contributed by atoms with Crippen LogP contribution in [0.3, 0.4) is 0 Å². The third-order valence-corrected chi connectivity index (χ3v) is 2.35. The van der Waals surface area contributed by atoms with Crippen LogP contribution in [0.15, 0.2) is 11.5 Å². The van der Waals surface area contributed by atoms with E-state index in [-0.39, 0.29) is 0 Å². The highest BCUT2D eigenvalue weighted by molar-refractivity contribution is 7.83. The lowest BCUT2D eigenvalue weighted by atomic mass is 10.3. The van der Waals surface area contributed by atoms with Gasteiger partial charge < -0.3 is 5.32 Å². The lowest BCUT2D eigenvalue weighted by Crippen LogP contribution is -2.13. The molecule has 0 aliphatic heterocycles. The minimum absolute atomic E-state index is 0.586. The first-order chi connectivity index (χ1) is 4.79. The van der Waals surface area contributed by atoms with E-state index in [1.165, 1.54) is 6.42 Å². The number of thiocarbonyl (C=S) groups is 1. The molecular weight excluding hydrogens is 162 g/mol. The summed E-state index contributed by atoms with van der Waals surface area (Å²) in [5.74, 6) is 0.586. The zero-order valence-electron chi connectivity index (χ0n) is 5.87. The van der Waals surface area contributed by atoms with E-state index >= 15 is 0 Å². The van der Waals surface area contributed by atoms with E-state index < -0.39 is 0 Å². The van der Waals surface area contributed by atoms with E-state index in [9.17, 15) is 0 Å². The molecule has 0 aromatic carbocycles. The molecule has 0 spiro atoms. The fourth-order valence-corrected chi connectivity index (χ4v) is 1.62. The average molecular weight is 173 g/mol. The first kappa shape index (κ1) is 8.24. The number of nitrogens with one attached hydrogen (secondary N) is 1. The minimum atomic E-state index is 0.586. The number of hydrogen-bond acceptors (Lipinski definition) is 3. The maximum Gasteiger partial charge on any atom is 0.0204 e. The SMILES string of the molecule is CNC1CC1C(=S)C=CS. The van der Waals surface area contributed by atoms with Gasteiger partial charge in [-0.25, -0.2) is 0 Å². The van der Waals surface area contributed by atoms with Crippen molar-refractivity contribution in [2.24, 2.45) is 5.92 Å².